The summed E-state index contributed by atoms with van der Waals surface area (Å²) in [6.07, 6.45) is 2.20. The molecule has 0 saturated heterocycles. The molecule has 4 nitrogen and oxygen atoms in total. The lowest BCUT2D eigenvalue weighted by molar-refractivity contribution is 0.399. The van der Waals surface area contributed by atoms with Crippen LogP contribution in [0, 0.1) is 0 Å². The van der Waals surface area contributed by atoms with Crippen molar-refractivity contribution >= 4 is 0 Å². The Labute approximate surface area is 117 Å². The predicted molar refractivity (Wildman–Crippen MR) is 78.3 cm³/mol. The molecule has 1 atom stereocenters. The van der Waals surface area contributed by atoms with Crippen molar-refractivity contribution in [2.45, 2.75) is 12.5 Å². The maximum Gasteiger partial charge on any atom is 0.247 e. The molecule has 0 aliphatic heterocycles. The summed E-state index contributed by atoms with van der Waals surface area (Å²) < 4.78 is 12.3. The summed E-state index contributed by atoms with van der Waals surface area (Å²) >= 11 is 0. The number of alkyl halides is 1. The van der Waals surface area contributed by atoms with Crippen LogP contribution in [0.5, 0.6) is 0 Å². The van der Waals surface area contributed by atoms with Gasteiger partial charge >= 0.3 is 0 Å². The molecule has 1 aromatic heterocycles. The number of pyridine rings is 1. The lowest BCUT2D eigenvalue weighted by Gasteiger charge is -2.08. The number of hydrogen-bond acceptors (Lipinski definition) is 3. The SMILES string of the molecule is CO.NC(CF)Cc1ccc(-c2ccc(=O)[nH]c2)cc1. The van der Waals surface area contributed by atoms with E-state index in [0.29, 0.717) is 6.42 Å². The van der Waals surface area contributed by atoms with E-state index < -0.39 is 12.7 Å². The van der Waals surface area contributed by atoms with Crippen molar-refractivity contribution in [1.29, 1.82) is 0 Å². The van der Waals surface area contributed by atoms with Gasteiger partial charge in [-0.15, -0.1) is 0 Å². The molecular formula is C15H19FN2O2. The molecule has 1 aromatic carbocycles. The van der Waals surface area contributed by atoms with Gasteiger partial charge in [-0.2, -0.15) is 0 Å². The minimum Gasteiger partial charge on any atom is -0.400 e. The van der Waals surface area contributed by atoms with Gasteiger partial charge in [0.2, 0.25) is 5.56 Å². The quantitative estimate of drug-likeness (QED) is 0.792. The summed E-state index contributed by atoms with van der Waals surface area (Å²) in [5, 5.41) is 7.00. The molecule has 0 spiro atoms. The van der Waals surface area contributed by atoms with Gasteiger partial charge in [0.15, 0.2) is 0 Å². The molecular weight excluding hydrogens is 259 g/mol. The van der Waals surface area contributed by atoms with Crippen LogP contribution < -0.4 is 11.3 Å². The Balaban J connectivity index is 0.000000956. The van der Waals surface area contributed by atoms with Gasteiger partial charge in [-0.25, -0.2) is 4.39 Å². The highest BCUT2D eigenvalue weighted by atomic mass is 19.1. The van der Waals surface area contributed by atoms with Gasteiger partial charge < -0.3 is 15.8 Å². The second-order valence-corrected chi connectivity index (χ2v) is 4.26. The average Bonchev–Trinajstić information content (AvgIpc) is 2.51. The second kappa shape index (κ2) is 8.24. The van der Waals surface area contributed by atoms with Gasteiger partial charge in [0, 0.05) is 25.4 Å². The lowest BCUT2D eigenvalue weighted by atomic mass is 10.0. The first-order valence-corrected chi connectivity index (χ1v) is 6.23. The van der Waals surface area contributed by atoms with Crippen molar-refractivity contribution in [3.63, 3.8) is 0 Å². The predicted octanol–water partition coefficient (Wildman–Crippen LogP) is 1.49. The second-order valence-electron chi connectivity index (χ2n) is 4.26. The lowest BCUT2D eigenvalue weighted by Crippen LogP contribution is -2.24. The Bertz CT molecular complexity index is 546. The molecule has 2 aromatic rings. The molecule has 20 heavy (non-hydrogen) atoms. The third-order valence-electron chi connectivity index (χ3n) is 2.77. The average molecular weight is 278 g/mol. The van der Waals surface area contributed by atoms with Crippen LogP contribution in [0.2, 0.25) is 0 Å². The van der Waals surface area contributed by atoms with E-state index in [9.17, 15) is 9.18 Å². The first-order chi connectivity index (χ1) is 9.69. The molecule has 1 heterocycles. The van der Waals surface area contributed by atoms with Crippen molar-refractivity contribution in [3.05, 3.63) is 58.5 Å². The first kappa shape index (κ1) is 16.1. The van der Waals surface area contributed by atoms with Crippen LogP contribution in [0.3, 0.4) is 0 Å². The molecule has 4 N–H and O–H groups in total. The van der Waals surface area contributed by atoms with E-state index in [1.807, 2.05) is 24.3 Å². The van der Waals surface area contributed by atoms with Gasteiger partial charge in [-0.1, -0.05) is 24.3 Å². The van der Waals surface area contributed by atoms with Gasteiger partial charge in [0.1, 0.15) is 6.67 Å². The molecule has 0 amide bonds. The molecule has 5 heteroatoms. The number of nitrogens with two attached hydrogens (primary N) is 1. The van der Waals surface area contributed by atoms with Gasteiger partial charge in [0.25, 0.3) is 0 Å². The highest BCUT2D eigenvalue weighted by Gasteiger charge is 2.03. The number of aromatic nitrogens is 1. The monoisotopic (exact) mass is 278 g/mol. The summed E-state index contributed by atoms with van der Waals surface area (Å²) in [4.78, 5) is 13.6. The van der Waals surface area contributed by atoms with E-state index in [4.69, 9.17) is 10.8 Å². The fourth-order valence-electron chi connectivity index (χ4n) is 1.78. The van der Waals surface area contributed by atoms with E-state index >= 15 is 0 Å². The minimum atomic E-state index is -0.512. The van der Waals surface area contributed by atoms with Crippen LogP contribution in [0.25, 0.3) is 11.1 Å². The molecule has 108 valence electrons. The molecule has 0 aliphatic carbocycles. The molecule has 1 unspecified atom stereocenters. The number of nitrogens with one attached hydrogen (secondary N) is 1. The number of halogens is 1. The molecule has 2 rings (SSSR count). The fraction of sp³-hybridized carbons (Fsp3) is 0.267. The zero-order chi connectivity index (χ0) is 15.0. The van der Waals surface area contributed by atoms with E-state index in [1.165, 1.54) is 6.07 Å². The topological polar surface area (TPSA) is 79.1 Å². The number of H-pyrrole nitrogens is 1. The summed E-state index contributed by atoms with van der Waals surface area (Å²) in [6, 6.07) is 10.5. The Morgan fingerprint density at radius 2 is 1.75 bits per heavy atom. The van der Waals surface area contributed by atoms with Gasteiger partial charge in [-0.3, -0.25) is 4.79 Å². The smallest absolute Gasteiger partial charge is 0.247 e. The first-order valence-electron chi connectivity index (χ1n) is 6.23. The Morgan fingerprint density at radius 3 is 2.25 bits per heavy atom. The maximum atomic E-state index is 12.3. The van der Waals surface area contributed by atoms with E-state index in [1.54, 1.807) is 12.3 Å². The number of rotatable bonds is 4. The van der Waals surface area contributed by atoms with Crippen LogP contribution in [0.4, 0.5) is 4.39 Å². The van der Waals surface area contributed by atoms with E-state index in [-0.39, 0.29) is 5.56 Å². The summed E-state index contributed by atoms with van der Waals surface area (Å²) in [5.41, 5.74) is 8.39. The van der Waals surface area contributed by atoms with E-state index in [2.05, 4.69) is 4.98 Å². The third-order valence-corrected chi connectivity index (χ3v) is 2.77. The largest absolute Gasteiger partial charge is 0.400 e. The fourth-order valence-corrected chi connectivity index (χ4v) is 1.78. The number of aromatic amines is 1. The Morgan fingerprint density at radius 1 is 1.15 bits per heavy atom. The highest BCUT2D eigenvalue weighted by Crippen LogP contribution is 2.18. The minimum absolute atomic E-state index is 0.121. The van der Waals surface area contributed by atoms with Crippen LogP contribution in [-0.4, -0.2) is 29.9 Å². The zero-order valence-corrected chi connectivity index (χ0v) is 11.3. The van der Waals surface area contributed by atoms with Gasteiger partial charge in [0.05, 0.1) is 0 Å². The molecule has 0 saturated carbocycles. The molecule has 0 bridgehead atoms. The van der Waals surface area contributed by atoms with Gasteiger partial charge in [-0.05, 0) is 29.2 Å². The number of benzene rings is 1. The zero-order valence-electron chi connectivity index (χ0n) is 11.3. The Kier molecular flexibility index (Phi) is 6.63. The molecule has 0 aliphatic rings. The van der Waals surface area contributed by atoms with Crippen LogP contribution in [-0.2, 0) is 6.42 Å². The van der Waals surface area contributed by atoms with Crippen molar-refractivity contribution in [2.75, 3.05) is 13.8 Å². The molecule has 0 radical (unpaired) electrons. The number of hydrogen-bond donors (Lipinski definition) is 3. The Hall–Kier alpha value is -1.98. The number of aliphatic hydroxyl groups is 1. The normalized spacial score (nSPS) is 11.4. The van der Waals surface area contributed by atoms with Crippen molar-refractivity contribution in [3.8, 4) is 11.1 Å². The van der Waals surface area contributed by atoms with Crippen molar-refractivity contribution in [1.82, 2.24) is 4.98 Å². The maximum absolute atomic E-state index is 12.3. The van der Waals surface area contributed by atoms with Crippen LogP contribution >= 0.6 is 0 Å². The summed E-state index contributed by atoms with van der Waals surface area (Å²) in [5.74, 6) is 0. The van der Waals surface area contributed by atoms with Crippen LogP contribution in [0.15, 0.2) is 47.4 Å². The summed E-state index contributed by atoms with van der Waals surface area (Å²) in [6.45, 7) is -0.512. The van der Waals surface area contributed by atoms with Crippen LogP contribution in [0.1, 0.15) is 5.56 Å². The molecule has 0 fully saturated rings. The standard InChI is InChI=1S/C14H15FN2O.CH4O/c15-8-13(16)7-10-1-3-11(4-2-10)12-5-6-14(18)17-9-12;1-2/h1-6,9,13H,7-8,16H2,(H,17,18);2H,1H3. The van der Waals surface area contributed by atoms with E-state index in [0.717, 1.165) is 23.8 Å². The number of aliphatic hydroxyl groups excluding tert-OH is 1. The highest BCUT2D eigenvalue weighted by molar-refractivity contribution is 5.62. The summed E-state index contributed by atoms with van der Waals surface area (Å²) in [7, 11) is 1.00. The third kappa shape index (κ3) is 4.60. The van der Waals surface area contributed by atoms with Crippen molar-refractivity contribution < 1.29 is 9.50 Å². The van der Waals surface area contributed by atoms with Crippen molar-refractivity contribution in [2.24, 2.45) is 5.73 Å².